The largest absolute Gasteiger partial charge is 0.440 e. The molecule has 1 N–H and O–H groups in total. The van der Waals surface area contributed by atoms with Gasteiger partial charge in [-0.25, -0.2) is 4.98 Å². The van der Waals surface area contributed by atoms with Crippen LogP contribution in [-0.4, -0.2) is 15.2 Å². The van der Waals surface area contributed by atoms with Gasteiger partial charge in [0.15, 0.2) is 0 Å². The molecule has 0 bridgehead atoms. The Hall–Kier alpha value is -2.10. The molecule has 67 valence electrons. The van der Waals surface area contributed by atoms with Crippen LogP contribution in [0.15, 0.2) is 34.9 Å². The molecule has 1 radical (unpaired) electrons. The fraction of sp³-hybridized carbons (Fsp3) is 0. The molecular formula is C10H6N3O. The lowest BCUT2D eigenvalue weighted by Gasteiger charge is -1.89. The number of H-pyrrole nitrogens is 1. The zero-order valence-electron chi connectivity index (χ0n) is 7.19. The molecule has 2 aromatic heterocycles. The summed E-state index contributed by atoms with van der Waals surface area (Å²) >= 11 is 0. The Labute approximate surface area is 79.6 Å². The smallest absolute Gasteiger partial charge is 0.284 e. The van der Waals surface area contributed by atoms with Gasteiger partial charge in [-0.3, -0.25) is 5.10 Å². The molecule has 4 nitrogen and oxygen atoms in total. The Morgan fingerprint density at radius 1 is 1.29 bits per heavy atom. The quantitative estimate of drug-likeness (QED) is 0.629. The second-order valence-corrected chi connectivity index (χ2v) is 2.94. The summed E-state index contributed by atoms with van der Waals surface area (Å²) in [5, 5.41) is 8.14. The third-order valence-electron chi connectivity index (χ3n) is 2.10. The first-order valence-electron chi connectivity index (χ1n) is 4.20. The van der Waals surface area contributed by atoms with Crippen molar-refractivity contribution in [2.75, 3.05) is 0 Å². The molecular weight excluding hydrogens is 178 g/mol. The van der Waals surface area contributed by atoms with E-state index in [4.69, 9.17) is 4.42 Å². The van der Waals surface area contributed by atoms with E-state index in [1.54, 1.807) is 0 Å². The summed E-state index contributed by atoms with van der Waals surface area (Å²) in [6.07, 6.45) is 3.93. The normalized spacial score (nSPS) is 10.9. The van der Waals surface area contributed by atoms with Crippen molar-refractivity contribution >= 4 is 10.9 Å². The average molecular weight is 184 g/mol. The van der Waals surface area contributed by atoms with Crippen LogP contribution in [0.25, 0.3) is 22.3 Å². The maximum Gasteiger partial charge on any atom is 0.284 e. The molecule has 3 rings (SSSR count). The maximum atomic E-state index is 4.80. The van der Waals surface area contributed by atoms with Crippen LogP contribution in [0, 0.1) is 6.39 Å². The van der Waals surface area contributed by atoms with Crippen LogP contribution in [-0.2, 0) is 0 Å². The maximum absolute atomic E-state index is 4.80. The van der Waals surface area contributed by atoms with Gasteiger partial charge in [0, 0.05) is 5.39 Å². The van der Waals surface area contributed by atoms with E-state index in [1.165, 1.54) is 6.26 Å². The number of rotatable bonds is 1. The van der Waals surface area contributed by atoms with Gasteiger partial charge in [-0.2, -0.15) is 5.10 Å². The molecule has 0 aliphatic rings. The molecule has 0 saturated heterocycles. The van der Waals surface area contributed by atoms with E-state index in [2.05, 4.69) is 21.6 Å². The fourth-order valence-corrected chi connectivity index (χ4v) is 1.45. The Kier molecular flexibility index (Phi) is 1.41. The monoisotopic (exact) mass is 184 g/mol. The van der Waals surface area contributed by atoms with Crippen molar-refractivity contribution < 1.29 is 4.42 Å². The minimum atomic E-state index is 0.697. The zero-order chi connectivity index (χ0) is 9.38. The van der Waals surface area contributed by atoms with Crippen molar-refractivity contribution in [1.82, 2.24) is 15.2 Å². The third kappa shape index (κ3) is 0.939. The number of aromatic amines is 1. The lowest BCUT2D eigenvalue weighted by Crippen LogP contribution is -1.76. The van der Waals surface area contributed by atoms with E-state index in [0.717, 1.165) is 16.6 Å². The van der Waals surface area contributed by atoms with Gasteiger partial charge in [0.2, 0.25) is 0 Å². The Morgan fingerprint density at radius 2 is 2.21 bits per heavy atom. The average Bonchev–Trinajstić information content (AvgIpc) is 2.85. The van der Waals surface area contributed by atoms with Crippen molar-refractivity contribution in [2.24, 2.45) is 0 Å². The second kappa shape index (κ2) is 2.70. The molecule has 0 atom stereocenters. The second-order valence-electron chi connectivity index (χ2n) is 2.94. The molecule has 0 aliphatic carbocycles. The van der Waals surface area contributed by atoms with Gasteiger partial charge in [-0.15, -0.1) is 0 Å². The molecule has 1 aromatic carbocycles. The van der Waals surface area contributed by atoms with Crippen molar-refractivity contribution in [1.29, 1.82) is 0 Å². The molecule has 4 heteroatoms. The summed E-state index contributed by atoms with van der Waals surface area (Å²) in [5.41, 5.74) is 2.48. The molecule has 0 saturated carbocycles. The first kappa shape index (κ1) is 7.32. The van der Waals surface area contributed by atoms with Crippen LogP contribution in [0.2, 0.25) is 0 Å². The SMILES string of the molecule is [c]1nc(-c2n[nH]c3ccccc23)co1. The Balaban J connectivity index is 2.33. The zero-order valence-corrected chi connectivity index (χ0v) is 7.19. The van der Waals surface area contributed by atoms with Crippen LogP contribution in [0.5, 0.6) is 0 Å². The third-order valence-corrected chi connectivity index (χ3v) is 2.10. The van der Waals surface area contributed by atoms with Crippen LogP contribution >= 0.6 is 0 Å². The number of aromatic nitrogens is 3. The highest BCUT2D eigenvalue weighted by Gasteiger charge is 2.09. The molecule has 14 heavy (non-hydrogen) atoms. The van der Waals surface area contributed by atoms with E-state index in [9.17, 15) is 0 Å². The van der Waals surface area contributed by atoms with Crippen molar-refractivity contribution in [2.45, 2.75) is 0 Å². The number of benzene rings is 1. The highest BCUT2D eigenvalue weighted by atomic mass is 16.3. The summed E-state index contributed by atoms with van der Waals surface area (Å²) < 4.78 is 4.80. The summed E-state index contributed by atoms with van der Waals surface area (Å²) in [6.45, 7) is 0. The molecule has 0 spiro atoms. The van der Waals surface area contributed by atoms with Gasteiger partial charge in [0.1, 0.15) is 17.7 Å². The van der Waals surface area contributed by atoms with E-state index in [0.29, 0.717) is 5.69 Å². The first-order chi connectivity index (χ1) is 6.95. The Bertz CT molecular complexity index is 554. The molecule has 2 heterocycles. The number of oxazole rings is 1. The lowest BCUT2D eigenvalue weighted by molar-refractivity contribution is 0.548. The number of hydrogen-bond donors (Lipinski definition) is 1. The Morgan fingerprint density at radius 3 is 3.07 bits per heavy atom. The topological polar surface area (TPSA) is 54.7 Å². The predicted octanol–water partition coefficient (Wildman–Crippen LogP) is 2.02. The minimum Gasteiger partial charge on any atom is -0.440 e. The van der Waals surface area contributed by atoms with Gasteiger partial charge in [-0.1, -0.05) is 18.2 Å². The highest BCUT2D eigenvalue weighted by molar-refractivity contribution is 5.91. The van der Waals surface area contributed by atoms with Gasteiger partial charge in [0.05, 0.1) is 5.52 Å². The molecule has 0 aliphatic heterocycles. The van der Waals surface area contributed by atoms with Crippen molar-refractivity contribution in [3.05, 3.63) is 36.9 Å². The van der Waals surface area contributed by atoms with Gasteiger partial charge in [-0.05, 0) is 6.07 Å². The summed E-state index contributed by atoms with van der Waals surface area (Å²) in [6, 6.07) is 7.88. The van der Waals surface area contributed by atoms with Crippen LogP contribution in [0.4, 0.5) is 0 Å². The van der Waals surface area contributed by atoms with Crippen LogP contribution < -0.4 is 0 Å². The van der Waals surface area contributed by atoms with Gasteiger partial charge < -0.3 is 4.42 Å². The van der Waals surface area contributed by atoms with E-state index in [1.807, 2.05) is 24.3 Å². The molecule has 0 unspecified atom stereocenters. The summed E-state index contributed by atoms with van der Waals surface area (Å²) in [7, 11) is 0. The van der Waals surface area contributed by atoms with Crippen LogP contribution in [0.1, 0.15) is 0 Å². The summed E-state index contributed by atoms with van der Waals surface area (Å²) in [4.78, 5) is 3.93. The predicted molar refractivity (Wildman–Crippen MR) is 50.4 cm³/mol. The number of fused-ring (bicyclic) bond motifs is 1. The van der Waals surface area contributed by atoms with Crippen molar-refractivity contribution in [3.63, 3.8) is 0 Å². The number of para-hydroxylation sites is 1. The fourth-order valence-electron chi connectivity index (χ4n) is 1.45. The summed E-state index contributed by atoms with van der Waals surface area (Å²) in [5.74, 6) is 0. The van der Waals surface area contributed by atoms with E-state index in [-0.39, 0.29) is 0 Å². The number of hydrogen-bond acceptors (Lipinski definition) is 3. The first-order valence-corrected chi connectivity index (χ1v) is 4.20. The highest BCUT2D eigenvalue weighted by Crippen LogP contribution is 2.23. The van der Waals surface area contributed by atoms with Crippen molar-refractivity contribution in [3.8, 4) is 11.4 Å². The van der Waals surface area contributed by atoms with Gasteiger partial charge in [0.25, 0.3) is 6.39 Å². The molecule has 0 amide bonds. The van der Waals surface area contributed by atoms with E-state index < -0.39 is 0 Å². The molecule has 3 aromatic rings. The van der Waals surface area contributed by atoms with E-state index >= 15 is 0 Å². The van der Waals surface area contributed by atoms with Crippen LogP contribution in [0.3, 0.4) is 0 Å². The molecule has 0 fully saturated rings. The number of nitrogens with zero attached hydrogens (tertiary/aromatic N) is 2. The standard InChI is InChI=1S/C10H6N3O/c1-2-4-8-7(3-1)10(13-12-8)9-5-14-6-11-9/h1-5H,(H,12,13). The number of nitrogens with one attached hydrogen (secondary N) is 1. The van der Waals surface area contributed by atoms with Gasteiger partial charge >= 0.3 is 0 Å². The lowest BCUT2D eigenvalue weighted by atomic mass is 10.2. The minimum absolute atomic E-state index is 0.697.